The summed E-state index contributed by atoms with van der Waals surface area (Å²) in [4.78, 5) is 4.65. The summed E-state index contributed by atoms with van der Waals surface area (Å²) < 4.78 is 0. The van der Waals surface area contributed by atoms with Crippen molar-refractivity contribution in [3.05, 3.63) is 112 Å². The van der Waals surface area contributed by atoms with Gasteiger partial charge in [-0.2, -0.15) is 0 Å². The van der Waals surface area contributed by atoms with E-state index in [0.717, 1.165) is 39.7 Å². The van der Waals surface area contributed by atoms with E-state index in [1.54, 1.807) is 0 Å². The van der Waals surface area contributed by atoms with Crippen molar-refractivity contribution in [2.75, 3.05) is 0 Å². The molecular weight excluding hydrogens is 378 g/mol. The summed E-state index contributed by atoms with van der Waals surface area (Å²) in [7, 11) is 0. The molecule has 1 atom stereocenters. The van der Waals surface area contributed by atoms with Gasteiger partial charge in [-0.3, -0.25) is 0 Å². The van der Waals surface area contributed by atoms with Crippen molar-refractivity contribution >= 4 is 34.7 Å². The van der Waals surface area contributed by atoms with Gasteiger partial charge in [0.15, 0.2) is 0 Å². The average molecular weight is 399 g/mol. The number of aromatic nitrogens is 1. The molecule has 1 aromatic heterocycles. The van der Waals surface area contributed by atoms with Crippen molar-refractivity contribution < 1.29 is 5.11 Å². The van der Waals surface area contributed by atoms with Crippen LogP contribution in [0.5, 0.6) is 0 Å². The molecule has 0 bridgehead atoms. The molecule has 1 radical (unpaired) electrons. The van der Waals surface area contributed by atoms with E-state index in [-0.39, 0.29) is 0 Å². The first-order valence-electron chi connectivity index (χ1n) is 9.65. The van der Waals surface area contributed by atoms with E-state index in [2.05, 4.69) is 11.1 Å². The molecule has 29 heavy (non-hydrogen) atoms. The van der Waals surface area contributed by atoms with Gasteiger partial charge in [0.05, 0.1) is 17.3 Å². The van der Waals surface area contributed by atoms with Gasteiger partial charge in [-0.15, -0.1) is 0 Å². The average Bonchev–Trinajstić information content (AvgIpc) is 2.76. The third kappa shape index (κ3) is 5.11. The Morgan fingerprint density at radius 3 is 2.72 bits per heavy atom. The van der Waals surface area contributed by atoms with Crippen LogP contribution < -0.4 is 0 Å². The van der Waals surface area contributed by atoms with E-state index in [4.69, 9.17) is 11.6 Å². The molecule has 3 heteroatoms. The fourth-order valence-electron chi connectivity index (χ4n) is 3.30. The highest BCUT2D eigenvalue weighted by molar-refractivity contribution is 6.31. The first-order chi connectivity index (χ1) is 14.2. The topological polar surface area (TPSA) is 33.1 Å². The van der Waals surface area contributed by atoms with Gasteiger partial charge in [0.25, 0.3) is 0 Å². The van der Waals surface area contributed by atoms with Gasteiger partial charge < -0.3 is 5.11 Å². The Balaban J connectivity index is 1.46. The monoisotopic (exact) mass is 398 g/mol. The number of hydrogen-bond acceptors (Lipinski definition) is 2. The summed E-state index contributed by atoms with van der Waals surface area (Å²) in [6, 6.07) is 28.8. The molecule has 4 aromatic rings. The van der Waals surface area contributed by atoms with Crippen molar-refractivity contribution in [3.63, 3.8) is 0 Å². The second-order valence-electron chi connectivity index (χ2n) is 7.02. The molecule has 1 heterocycles. The zero-order chi connectivity index (χ0) is 20.1. The van der Waals surface area contributed by atoms with Gasteiger partial charge in [0.1, 0.15) is 0 Å². The summed E-state index contributed by atoms with van der Waals surface area (Å²) >= 11 is 6.07. The molecule has 0 spiro atoms. The van der Waals surface area contributed by atoms with Crippen LogP contribution in [0.1, 0.15) is 34.9 Å². The van der Waals surface area contributed by atoms with Crippen LogP contribution >= 0.6 is 11.6 Å². The minimum absolute atomic E-state index is 0.502. The normalized spacial score (nSPS) is 12.5. The number of aliphatic hydroxyl groups is 1. The largest absolute Gasteiger partial charge is 0.388 e. The smallest absolute Gasteiger partial charge is 0.0793 e. The first-order valence-corrected chi connectivity index (χ1v) is 10.0. The molecule has 0 aliphatic heterocycles. The molecule has 2 nitrogen and oxygen atoms in total. The van der Waals surface area contributed by atoms with Crippen LogP contribution in [0.15, 0.2) is 78.9 Å². The van der Waals surface area contributed by atoms with Crippen molar-refractivity contribution in [2.45, 2.75) is 18.9 Å². The number of halogens is 1. The van der Waals surface area contributed by atoms with Crippen LogP contribution in [0, 0.1) is 6.07 Å². The molecule has 4 rings (SSSR count). The Kier molecular flexibility index (Phi) is 6.04. The van der Waals surface area contributed by atoms with Crippen molar-refractivity contribution in [2.24, 2.45) is 0 Å². The van der Waals surface area contributed by atoms with Gasteiger partial charge >= 0.3 is 0 Å². The van der Waals surface area contributed by atoms with Crippen LogP contribution in [-0.4, -0.2) is 10.1 Å². The third-order valence-corrected chi connectivity index (χ3v) is 5.11. The Hall–Kier alpha value is -2.94. The van der Waals surface area contributed by atoms with E-state index in [1.165, 1.54) is 0 Å². The van der Waals surface area contributed by atoms with E-state index in [9.17, 15) is 5.11 Å². The summed E-state index contributed by atoms with van der Waals surface area (Å²) in [6.45, 7) is 0. The lowest BCUT2D eigenvalue weighted by molar-refractivity contribution is 0.168. The Morgan fingerprint density at radius 2 is 1.86 bits per heavy atom. The van der Waals surface area contributed by atoms with E-state index >= 15 is 0 Å². The van der Waals surface area contributed by atoms with Crippen LogP contribution in [0.25, 0.3) is 23.1 Å². The third-order valence-electron chi connectivity index (χ3n) is 4.88. The summed E-state index contributed by atoms with van der Waals surface area (Å²) in [5.74, 6) is 0. The zero-order valence-corrected chi connectivity index (χ0v) is 16.7. The molecule has 0 saturated heterocycles. The van der Waals surface area contributed by atoms with E-state index in [1.807, 2.05) is 91.0 Å². The molecule has 0 saturated carbocycles. The maximum Gasteiger partial charge on any atom is 0.0793 e. The summed E-state index contributed by atoms with van der Waals surface area (Å²) in [6.07, 6.45) is 4.95. The van der Waals surface area contributed by atoms with E-state index in [0.29, 0.717) is 11.4 Å². The number of nitrogens with zero attached hydrogens (tertiary/aromatic N) is 1. The SMILES string of the molecule is O[C@H](CCc1[c]cccc1)c1cccc(/C=C/c2ccc3ccc(Cl)cc3n2)c1. The minimum atomic E-state index is -0.502. The van der Waals surface area contributed by atoms with Crippen LogP contribution in [0.4, 0.5) is 0 Å². The Bertz CT molecular complexity index is 1140. The Morgan fingerprint density at radius 1 is 0.966 bits per heavy atom. The van der Waals surface area contributed by atoms with Crippen LogP contribution in [0.2, 0.25) is 5.02 Å². The van der Waals surface area contributed by atoms with Gasteiger partial charge in [0.2, 0.25) is 0 Å². The first kappa shape index (κ1) is 19.4. The quantitative estimate of drug-likeness (QED) is 0.400. The number of fused-ring (bicyclic) bond motifs is 1. The number of pyridine rings is 1. The maximum atomic E-state index is 10.6. The lowest BCUT2D eigenvalue weighted by Gasteiger charge is -2.11. The number of aryl methyl sites for hydroxylation is 1. The second kappa shape index (κ2) is 9.04. The van der Waals surface area contributed by atoms with Gasteiger partial charge in [-0.05, 0) is 65.9 Å². The molecule has 0 aliphatic carbocycles. The predicted molar refractivity (Wildman–Crippen MR) is 121 cm³/mol. The molecule has 0 aliphatic rings. The number of aliphatic hydroxyl groups excluding tert-OH is 1. The van der Waals surface area contributed by atoms with Crippen molar-refractivity contribution in [3.8, 4) is 0 Å². The van der Waals surface area contributed by atoms with Gasteiger partial charge in [0, 0.05) is 10.4 Å². The summed E-state index contributed by atoms with van der Waals surface area (Å²) in [5, 5.41) is 12.3. The number of benzene rings is 3. The van der Waals surface area contributed by atoms with Gasteiger partial charge in [-0.1, -0.05) is 72.3 Å². The molecule has 0 amide bonds. The van der Waals surface area contributed by atoms with Crippen LogP contribution in [-0.2, 0) is 6.42 Å². The van der Waals surface area contributed by atoms with Crippen molar-refractivity contribution in [1.82, 2.24) is 4.98 Å². The molecule has 0 unspecified atom stereocenters. The molecule has 0 fully saturated rings. The number of hydrogen-bond donors (Lipinski definition) is 1. The molecule has 143 valence electrons. The number of rotatable bonds is 6. The highest BCUT2D eigenvalue weighted by Gasteiger charge is 2.08. The predicted octanol–water partition coefficient (Wildman–Crippen LogP) is 6.52. The summed E-state index contributed by atoms with van der Waals surface area (Å²) in [5.41, 5.74) is 4.80. The standard InChI is InChI=1S/C26H21ClNO/c27-23-13-11-21-12-15-24(28-25(21)18-23)14-9-20-7-4-8-22(17-20)26(29)16-10-19-5-2-1-3-6-19/h1-5,7-9,11-15,17-18,26,29H,10,16H2/b14-9+/t26-/m1/s1. The fourth-order valence-corrected chi connectivity index (χ4v) is 3.46. The fraction of sp³-hybridized carbons (Fsp3) is 0.115. The van der Waals surface area contributed by atoms with Gasteiger partial charge in [-0.25, -0.2) is 4.98 Å². The van der Waals surface area contributed by atoms with Crippen LogP contribution in [0.3, 0.4) is 0 Å². The maximum absolute atomic E-state index is 10.6. The molecule has 3 aromatic carbocycles. The minimum Gasteiger partial charge on any atom is -0.388 e. The van der Waals surface area contributed by atoms with E-state index < -0.39 is 6.10 Å². The van der Waals surface area contributed by atoms with Crippen molar-refractivity contribution in [1.29, 1.82) is 0 Å². The highest BCUT2D eigenvalue weighted by Crippen LogP contribution is 2.22. The highest BCUT2D eigenvalue weighted by atomic mass is 35.5. The zero-order valence-electron chi connectivity index (χ0n) is 15.9. The lowest BCUT2D eigenvalue weighted by atomic mass is 9.99. The molecular formula is C26H21ClNO. The molecule has 1 N–H and O–H groups in total. The second-order valence-corrected chi connectivity index (χ2v) is 7.46. The Labute approximate surface area is 176 Å². The lowest BCUT2D eigenvalue weighted by Crippen LogP contribution is -2.00.